The number of carbonyl (C=O) groups excluding carboxylic acids is 1. The third-order valence-electron chi connectivity index (χ3n) is 4.26. The van der Waals surface area contributed by atoms with E-state index in [0.29, 0.717) is 12.0 Å². The highest BCUT2D eigenvalue weighted by atomic mass is 16.3. The van der Waals surface area contributed by atoms with Gasteiger partial charge in [0.2, 0.25) is 0 Å². The highest BCUT2D eigenvalue weighted by molar-refractivity contribution is 5.94. The summed E-state index contributed by atoms with van der Waals surface area (Å²) in [7, 11) is 0. The molecule has 2 aromatic rings. The van der Waals surface area contributed by atoms with Crippen LogP contribution in [0.3, 0.4) is 0 Å². The van der Waals surface area contributed by atoms with Gasteiger partial charge in [-0.2, -0.15) is 0 Å². The standard InChI is InChI=1S/C18H19NO2/c1-11-7-8-14(9-12(11)2)18(21)19-17-15-6-4-3-5-13(15)10-16(17)20/h3-9,16-17,20H,10H2,1-2H3,(H,19,21)/t16-,17+/m1/s1. The van der Waals surface area contributed by atoms with Gasteiger partial charge in [0.05, 0.1) is 12.1 Å². The SMILES string of the molecule is Cc1ccc(C(=O)N[C@H]2c3ccccc3C[C@H]2O)cc1C. The zero-order valence-corrected chi connectivity index (χ0v) is 12.3. The predicted molar refractivity (Wildman–Crippen MR) is 82.3 cm³/mol. The molecule has 1 aliphatic carbocycles. The van der Waals surface area contributed by atoms with Crippen molar-refractivity contribution in [1.29, 1.82) is 0 Å². The average Bonchev–Trinajstić information content (AvgIpc) is 2.78. The number of hydrogen-bond acceptors (Lipinski definition) is 2. The topological polar surface area (TPSA) is 49.3 Å². The molecule has 0 fully saturated rings. The second-order valence-electron chi connectivity index (χ2n) is 5.72. The van der Waals surface area contributed by atoms with Gasteiger partial charge >= 0.3 is 0 Å². The van der Waals surface area contributed by atoms with Crippen molar-refractivity contribution in [2.75, 3.05) is 0 Å². The summed E-state index contributed by atoms with van der Waals surface area (Å²) in [6, 6.07) is 13.2. The molecular formula is C18H19NO2. The summed E-state index contributed by atoms with van der Waals surface area (Å²) in [5.74, 6) is -0.140. The second kappa shape index (κ2) is 5.34. The molecule has 108 valence electrons. The number of fused-ring (bicyclic) bond motifs is 1. The van der Waals surface area contributed by atoms with E-state index < -0.39 is 6.10 Å². The Bertz CT molecular complexity index is 693. The van der Waals surface area contributed by atoms with Crippen LogP contribution in [0.15, 0.2) is 42.5 Å². The zero-order valence-electron chi connectivity index (χ0n) is 12.3. The number of hydrogen-bond donors (Lipinski definition) is 2. The number of rotatable bonds is 2. The summed E-state index contributed by atoms with van der Waals surface area (Å²) < 4.78 is 0. The van der Waals surface area contributed by atoms with Crippen LogP contribution in [0.1, 0.15) is 38.7 Å². The quantitative estimate of drug-likeness (QED) is 0.889. The van der Waals surface area contributed by atoms with Crippen molar-refractivity contribution in [2.45, 2.75) is 32.4 Å². The van der Waals surface area contributed by atoms with E-state index >= 15 is 0 Å². The Balaban J connectivity index is 1.83. The molecule has 0 aliphatic heterocycles. The fourth-order valence-electron chi connectivity index (χ4n) is 2.86. The summed E-state index contributed by atoms with van der Waals surface area (Å²) in [6.07, 6.45) is 0.0338. The van der Waals surface area contributed by atoms with E-state index in [9.17, 15) is 9.90 Å². The molecule has 21 heavy (non-hydrogen) atoms. The molecule has 0 aromatic heterocycles. The number of amides is 1. The van der Waals surface area contributed by atoms with Gasteiger partial charge in [-0.25, -0.2) is 0 Å². The molecule has 1 aliphatic rings. The van der Waals surface area contributed by atoms with Gasteiger partial charge in [0.25, 0.3) is 5.91 Å². The van der Waals surface area contributed by atoms with Gasteiger partial charge in [-0.3, -0.25) is 4.79 Å². The maximum absolute atomic E-state index is 12.4. The molecule has 2 atom stereocenters. The van der Waals surface area contributed by atoms with Crippen LogP contribution in [0, 0.1) is 13.8 Å². The molecule has 0 spiro atoms. The summed E-state index contributed by atoms with van der Waals surface area (Å²) in [4.78, 5) is 12.4. The minimum absolute atomic E-state index is 0.140. The number of benzene rings is 2. The van der Waals surface area contributed by atoms with Gasteiger partial charge in [0, 0.05) is 12.0 Å². The highest BCUT2D eigenvalue weighted by Gasteiger charge is 2.31. The Morgan fingerprint density at radius 3 is 2.67 bits per heavy atom. The molecule has 3 heteroatoms. The summed E-state index contributed by atoms with van der Waals surface area (Å²) >= 11 is 0. The van der Waals surface area contributed by atoms with Crippen molar-refractivity contribution in [3.63, 3.8) is 0 Å². The summed E-state index contributed by atoms with van der Waals surface area (Å²) in [5.41, 5.74) is 5.01. The van der Waals surface area contributed by atoms with E-state index in [1.807, 2.05) is 56.3 Å². The van der Waals surface area contributed by atoms with E-state index in [1.165, 1.54) is 0 Å². The molecule has 3 rings (SSSR count). The first-order chi connectivity index (χ1) is 10.1. The van der Waals surface area contributed by atoms with Crippen molar-refractivity contribution in [3.8, 4) is 0 Å². The number of aliphatic hydroxyl groups is 1. The van der Waals surface area contributed by atoms with E-state index in [-0.39, 0.29) is 11.9 Å². The van der Waals surface area contributed by atoms with Crippen LogP contribution < -0.4 is 5.32 Å². The highest BCUT2D eigenvalue weighted by Crippen LogP contribution is 2.31. The lowest BCUT2D eigenvalue weighted by Gasteiger charge is -2.18. The Labute approximate surface area is 124 Å². The number of aliphatic hydroxyl groups excluding tert-OH is 1. The van der Waals surface area contributed by atoms with Crippen LogP contribution in [-0.2, 0) is 6.42 Å². The molecule has 0 radical (unpaired) electrons. The monoisotopic (exact) mass is 281 g/mol. The summed E-state index contributed by atoms with van der Waals surface area (Å²) in [5, 5.41) is 13.1. The summed E-state index contributed by atoms with van der Waals surface area (Å²) in [6.45, 7) is 4.01. The second-order valence-corrected chi connectivity index (χ2v) is 5.72. The van der Waals surface area contributed by atoms with E-state index in [4.69, 9.17) is 0 Å². The van der Waals surface area contributed by atoms with Crippen LogP contribution >= 0.6 is 0 Å². The minimum atomic E-state index is -0.558. The molecule has 0 unspecified atom stereocenters. The molecule has 0 saturated carbocycles. The van der Waals surface area contributed by atoms with Crippen LogP contribution in [0.4, 0.5) is 0 Å². The number of aryl methyl sites for hydroxylation is 2. The van der Waals surface area contributed by atoms with E-state index in [1.54, 1.807) is 0 Å². The molecule has 2 aromatic carbocycles. The van der Waals surface area contributed by atoms with Crippen molar-refractivity contribution in [1.82, 2.24) is 5.32 Å². The first-order valence-electron chi connectivity index (χ1n) is 7.20. The third kappa shape index (κ3) is 2.57. The number of carbonyl (C=O) groups is 1. The fourth-order valence-corrected chi connectivity index (χ4v) is 2.86. The lowest BCUT2D eigenvalue weighted by Crippen LogP contribution is -2.33. The van der Waals surface area contributed by atoms with Crippen molar-refractivity contribution in [2.24, 2.45) is 0 Å². The average molecular weight is 281 g/mol. The van der Waals surface area contributed by atoms with E-state index in [2.05, 4.69) is 5.32 Å². The van der Waals surface area contributed by atoms with Crippen molar-refractivity contribution in [3.05, 3.63) is 70.3 Å². The lowest BCUT2D eigenvalue weighted by atomic mass is 10.0. The molecular weight excluding hydrogens is 262 g/mol. The molecule has 0 heterocycles. The Morgan fingerprint density at radius 1 is 1.14 bits per heavy atom. The van der Waals surface area contributed by atoms with Gasteiger partial charge in [-0.15, -0.1) is 0 Å². The molecule has 0 bridgehead atoms. The molecule has 1 amide bonds. The Kier molecular flexibility index (Phi) is 3.52. The first kappa shape index (κ1) is 13.8. The minimum Gasteiger partial charge on any atom is -0.390 e. The fraction of sp³-hybridized carbons (Fsp3) is 0.278. The van der Waals surface area contributed by atoms with Crippen LogP contribution in [0.2, 0.25) is 0 Å². The maximum Gasteiger partial charge on any atom is 0.251 e. The predicted octanol–water partition coefficient (Wildman–Crippen LogP) is 2.69. The van der Waals surface area contributed by atoms with Gasteiger partial charge in [0.15, 0.2) is 0 Å². The maximum atomic E-state index is 12.4. The smallest absolute Gasteiger partial charge is 0.251 e. The van der Waals surface area contributed by atoms with Crippen LogP contribution in [0.25, 0.3) is 0 Å². The first-order valence-corrected chi connectivity index (χ1v) is 7.20. The molecule has 0 saturated heterocycles. The molecule has 3 nitrogen and oxygen atoms in total. The van der Waals surface area contributed by atoms with Gasteiger partial charge in [-0.1, -0.05) is 30.3 Å². The molecule has 2 N–H and O–H groups in total. The van der Waals surface area contributed by atoms with Crippen LogP contribution in [-0.4, -0.2) is 17.1 Å². The van der Waals surface area contributed by atoms with Gasteiger partial charge in [-0.05, 0) is 48.2 Å². The Hall–Kier alpha value is -2.13. The third-order valence-corrected chi connectivity index (χ3v) is 4.26. The van der Waals surface area contributed by atoms with Gasteiger partial charge in [0.1, 0.15) is 0 Å². The normalized spacial score (nSPS) is 20.1. The number of nitrogens with one attached hydrogen (secondary N) is 1. The lowest BCUT2D eigenvalue weighted by molar-refractivity contribution is 0.0858. The van der Waals surface area contributed by atoms with Gasteiger partial charge < -0.3 is 10.4 Å². The van der Waals surface area contributed by atoms with Crippen molar-refractivity contribution >= 4 is 5.91 Å². The largest absolute Gasteiger partial charge is 0.390 e. The van der Waals surface area contributed by atoms with E-state index in [0.717, 1.165) is 22.3 Å². The van der Waals surface area contributed by atoms with Crippen LogP contribution in [0.5, 0.6) is 0 Å². The van der Waals surface area contributed by atoms with Crippen molar-refractivity contribution < 1.29 is 9.90 Å². The zero-order chi connectivity index (χ0) is 15.0. The Morgan fingerprint density at radius 2 is 1.90 bits per heavy atom.